The molecule has 1 aliphatic rings. The number of nitrogens with zero attached hydrogens (tertiary/aromatic N) is 5. The van der Waals surface area contributed by atoms with E-state index in [-0.39, 0.29) is 6.61 Å². The first-order valence-corrected chi connectivity index (χ1v) is 9.48. The van der Waals surface area contributed by atoms with Crippen LogP contribution in [0.4, 0.5) is 0 Å². The Balaban J connectivity index is 1.40. The van der Waals surface area contributed by atoms with Gasteiger partial charge in [-0.2, -0.15) is 0 Å². The molecule has 138 valence electrons. The molecule has 1 saturated heterocycles. The molecule has 4 rings (SSSR count). The fourth-order valence-corrected chi connectivity index (χ4v) is 4.09. The highest BCUT2D eigenvalue weighted by Crippen LogP contribution is 2.23. The highest BCUT2D eigenvalue weighted by atomic mass is 16.3. The van der Waals surface area contributed by atoms with Crippen molar-refractivity contribution in [1.82, 2.24) is 24.5 Å². The second-order valence-electron chi connectivity index (χ2n) is 7.40. The number of para-hydroxylation sites is 1. The molecule has 1 aromatic carbocycles. The normalized spacial score (nSPS) is 18.6. The molecule has 0 spiro atoms. The molecule has 3 heterocycles. The van der Waals surface area contributed by atoms with Crippen LogP contribution in [0.5, 0.6) is 0 Å². The zero-order valence-electron chi connectivity index (χ0n) is 15.4. The number of aliphatic hydroxyl groups is 1. The van der Waals surface area contributed by atoms with Crippen LogP contribution < -0.4 is 0 Å². The van der Waals surface area contributed by atoms with Gasteiger partial charge in [0.25, 0.3) is 0 Å². The molecule has 0 saturated carbocycles. The van der Waals surface area contributed by atoms with Gasteiger partial charge in [0, 0.05) is 57.1 Å². The van der Waals surface area contributed by atoms with Gasteiger partial charge >= 0.3 is 0 Å². The van der Waals surface area contributed by atoms with E-state index in [1.165, 1.54) is 29.4 Å². The SMILES string of the molecule is Cn1c(CN2CCC[C@H](Cn3cc(CCO)nn3)C2)cc2ccccc21. The standard InChI is InChI=1S/C20H27N5O/c1-23-19(11-17-6-2-3-7-20(17)23)15-24-9-4-5-16(12-24)13-25-14-18(8-10-26)21-22-25/h2-3,6-7,11,14,16,26H,4-5,8-10,12-13,15H2,1H3/t16-/m0/s1. The predicted octanol–water partition coefficient (Wildman–Crippen LogP) is 2.22. The van der Waals surface area contributed by atoms with Crippen molar-refractivity contribution < 1.29 is 5.11 Å². The highest BCUT2D eigenvalue weighted by Gasteiger charge is 2.22. The molecule has 1 atom stereocenters. The van der Waals surface area contributed by atoms with Crippen LogP contribution in [0.2, 0.25) is 0 Å². The Bertz CT molecular complexity index is 868. The number of hydrogen-bond acceptors (Lipinski definition) is 4. The fraction of sp³-hybridized carbons (Fsp3) is 0.500. The molecule has 6 nitrogen and oxygen atoms in total. The van der Waals surface area contributed by atoms with Crippen molar-refractivity contribution in [3.05, 3.63) is 47.9 Å². The van der Waals surface area contributed by atoms with Gasteiger partial charge in [-0.25, -0.2) is 0 Å². The lowest BCUT2D eigenvalue weighted by molar-refractivity contribution is 0.150. The Hall–Kier alpha value is -2.18. The van der Waals surface area contributed by atoms with Gasteiger partial charge < -0.3 is 9.67 Å². The molecule has 2 aromatic heterocycles. The highest BCUT2D eigenvalue weighted by molar-refractivity contribution is 5.81. The molecule has 0 amide bonds. The number of hydrogen-bond donors (Lipinski definition) is 1. The van der Waals surface area contributed by atoms with Crippen LogP contribution in [0.1, 0.15) is 24.2 Å². The smallest absolute Gasteiger partial charge is 0.0849 e. The Morgan fingerprint density at radius 3 is 3.00 bits per heavy atom. The number of likely N-dealkylation sites (tertiary alicyclic amines) is 1. The number of rotatable bonds is 6. The van der Waals surface area contributed by atoms with Gasteiger partial charge in [-0.15, -0.1) is 5.10 Å². The topological polar surface area (TPSA) is 59.1 Å². The Kier molecular flexibility index (Phi) is 5.04. The minimum atomic E-state index is 0.126. The summed E-state index contributed by atoms with van der Waals surface area (Å²) in [5, 5.41) is 18.7. The predicted molar refractivity (Wildman–Crippen MR) is 102 cm³/mol. The van der Waals surface area contributed by atoms with E-state index in [1.54, 1.807) is 0 Å². The zero-order valence-corrected chi connectivity index (χ0v) is 15.4. The summed E-state index contributed by atoms with van der Waals surface area (Å²) in [6.45, 7) is 4.28. The lowest BCUT2D eigenvalue weighted by atomic mass is 9.98. The lowest BCUT2D eigenvalue weighted by Gasteiger charge is -2.32. The number of piperidine rings is 1. The summed E-state index contributed by atoms with van der Waals surface area (Å²) in [5.41, 5.74) is 3.54. The second kappa shape index (κ2) is 7.60. The van der Waals surface area contributed by atoms with Crippen molar-refractivity contribution in [3.8, 4) is 0 Å². The number of aliphatic hydroxyl groups excluding tert-OH is 1. The first kappa shape index (κ1) is 17.2. The minimum absolute atomic E-state index is 0.126. The molecule has 0 unspecified atom stereocenters. The van der Waals surface area contributed by atoms with Gasteiger partial charge in [0.2, 0.25) is 0 Å². The van der Waals surface area contributed by atoms with E-state index in [2.05, 4.69) is 57.2 Å². The van der Waals surface area contributed by atoms with Gasteiger partial charge in [-0.1, -0.05) is 23.4 Å². The summed E-state index contributed by atoms with van der Waals surface area (Å²) in [6.07, 6.45) is 5.02. The first-order chi connectivity index (χ1) is 12.7. The molecule has 1 aliphatic heterocycles. The maximum absolute atomic E-state index is 9.01. The molecule has 0 aliphatic carbocycles. The Labute approximate surface area is 154 Å². The zero-order chi connectivity index (χ0) is 17.9. The maximum Gasteiger partial charge on any atom is 0.0849 e. The monoisotopic (exact) mass is 353 g/mol. The van der Waals surface area contributed by atoms with Gasteiger partial charge in [0.15, 0.2) is 0 Å². The third-order valence-corrected chi connectivity index (χ3v) is 5.44. The molecule has 0 bridgehead atoms. The lowest BCUT2D eigenvalue weighted by Crippen LogP contribution is -2.37. The third-order valence-electron chi connectivity index (χ3n) is 5.44. The summed E-state index contributed by atoms with van der Waals surface area (Å²) in [5.74, 6) is 0.599. The van der Waals surface area contributed by atoms with Gasteiger partial charge in [-0.05, 0) is 42.8 Å². The maximum atomic E-state index is 9.01. The van der Waals surface area contributed by atoms with Crippen molar-refractivity contribution in [2.75, 3.05) is 19.7 Å². The van der Waals surface area contributed by atoms with E-state index >= 15 is 0 Å². The van der Waals surface area contributed by atoms with Crippen LogP contribution in [0.15, 0.2) is 36.5 Å². The molecule has 1 fully saturated rings. The molecule has 1 N–H and O–H groups in total. The van der Waals surface area contributed by atoms with E-state index < -0.39 is 0 Å². The Morgan fingerprint density at radius 2 is 2.15 bits per heavy atom. The van der Waals surface area contributed by atoms with E-state index in [9.17, 15) is 0 Å². The summed E-state index contributed by atoms with van der Waals surface area (Å²) in [4.78, 5) is 2.56. The average molecular weight is 353 g/mol. The van der Waals surface area contributed by atoms with Crippen LogP contribution in [0.3, 0.4) is 0 Å². The number of benzene rings is 1. The van der Waals surface area contributed by atoms with Crippen LogP contribution in [0, 0.1) is 5.92 Å². The summed E-state index contributed by atoms with van der Waals surface area (Å²) in [7, 11) is 2.16. The number of aryl methyl sites for hydroxylation is 1. The van der Waals surface area contributed by atoms with Crippen molar-refractivity contribution in [1.29, 1.82) is 0 Å². The van der Waals surface area contributed by atoms with Crippen LogP contribution in [-0.2, 0) is 26.6 Å². The van der Waals surface area contributed by atoms with E-state index in [0.29, 0.717) is 12.3 Å². The average Bonchev–Trinajstić information content (AvgIpc) is 3.21. The molecular weight excluding hydrogens is 326 g/mol. The van der Waals surface area contributed by atoms with Gasteiger partial charge in [0.05, 0.1) is 5.69 Å². The fourth-order valence-electron chi connectivity index (χ4n) is 4.09. The molecule has 6 heteroatoms. The third kappa shape index (κ3) is 3.66. The van der Waals surface area contributed by atoms with Gasteiger partial charge in [-0.3, -0.25) is 9.58 Å². The van der Waals surface area contributed by atoms with Crippen molar-refractivity contribution in [2.45, 2.75) is 32.4 Å². The van der Waals surface area contributed by atoms with Crippen LogP contribution in [-0.4, -0.2) is 49.3 Å². The molecular formula is C20H27N5O. The first-order valence-electron chi connectivity index (χ1n) is 9.48. The molecule has 26 heavy (non-hydrogen) atoms. The summed E-state index contributed by atoms with van der Waals surface area (Å²) in [6, 6.07) is 10.9. The minimum Gasteiger partial charge on any atom is -0.396 e. The second-order valence-corrected chi connectivity index (χ2v) is 7.40. The van der Waals surface area contributed by atoms with Gasteiger partial charge in [0.1, 0.15) is 0 Å². The number of aromatic nitrogens is 4. The Morgan fingerprint density at radius 1 is 1.27 bits per heavy atom. The largest absolute Gasteiger partial charge is 0.396 e. The molecule has 0 radical (unpaired) electrons. The van der Waals surface area contributed by atoms with Crippen LogP contribution >= 0.6 is 0 Å². The summed E-state index contributed by atoms with van der Waals surface area (Å²) >= 11 is 0. The summed E-state index contributed by atoms with van der Waals surface area (Å²) < 4.78 is 4.26. The van der Waals surface area contributed by atoms with Crippen molar-refractivity contribution in [2.24, 2.45) is 13.0 Å². The van der Waals surface area contributed by atoms with E-state index in [0.717, 1.165) is 31.9 Å². The van der Waals surface area contributed by atoms with Crippen molar-refractivity contribution in [3.63, 3.8) is 0 Å². The van der Waals surface area contributed by atoms with E-state index in [4.69, 9.17) is 5.11 Å². The van der Waals surface area contributed by atoms with Crippen LogP contribution in [0.25, 0.3) is 10.9 Å². The number of fused-ring (bicyclic) bond motifs is 1. The molecule has 3 aromatic rings. The van der Waals surface area contributed by atoms with Crippen molar-refractivity contribution >= 4 is 10.9 Å². The van der Waals surface area contributed by atoms with E-state index in [1.807, 2.05) is 10.9 Å². The quantitative estimate of drug-likeness (QED) is 0.738.